The maximum Gasteiger partial charge on any atom is 0.225 e. The molecule has 0 aliphatic carbocycles. The topological polar surface area (TPSA) is 49.2 Å². The standard InChI is InChI=1S/C19H16BrN3O2/c1-12-17-15-5-3-4-6-16(15)19(25-11-24-2)21-18(17)23(22-12)14-9-7-13(20)8-10-14/h3-10H,11H2,1-2H3. The Bertz CT molecular complexity index is 1060. The van der Waals surface area contributed by atoms with Crippen molar-refractivity contribution in [3.05, 3.63) is 58.7 Å². The van der Waals surface area contributed by atoms with Crippen LogP contribution in [0.5, 0.6) is 5.88 Å². The molecule has 5 nitrogen and oxygen atoms in total. The van der Waals surface area contributed by atoms with Crippen LogP contribution >= 0.6 is 15.9 Å². The van der Waals surface area contributed by atoms with E-state index in [0.717, 1.165) is 37.7 Å². The Morgan fingerprint density at radius 3 is 2.48 bits per heavy atom. The Kier molecular flexibility index (Phi) is 4.15. The van der Waals surface area contributed by atoms with Crippen molar-refractivity contribution in [3.63, 3.8) is 0 Å². The zero-order chi connectivity index (χ0) is 17.4. The average Bonchev–Trinajstić information content (AvgIpc) is 2.97. The van der Waals surface area contributed by atoms with Crippen molar-refractivity contribution in [2.45, 2.75) is 6.92 Å². The van der Waals surface area contributed by atoms with Gasteiger partial charge >= 0.3 is 0 Å². The normalized spacial score (nSPS) is 11.3. The van der Waals surface area contributed by atoms with Gasteiger partial charge in [0.1, 0.15) is 0 Å². The van der Waals surface area contributed by atoms with E-state index >= 15 is 0 Å². The summed E-state index contributed by atoms with van der Waals surface area (Å²) in [6, 6.07) is 16.0. The number of fused-ring (bicyclic) bond motifs is 3. The molecule has 0 aliphatic heterocycles. The van der Waals surface area contributed by atoms with Gasteiger partial charge in [-0.2, -0.15) is 10.1 Å². The molecule has 0 amide bonds. The quantitative estimate of drug-likeness (QED) is 0.471. The van der Waals surface area contributed by atoms with Crippen LogP contribution in [0.2, 0.25) is 0 Å². The molecule has 6 heteroatoms. The first-order valence-electron chi connectivity index (χ1n) is 7.85. The van der Waals surface area contributed by atoms with Crippen molar-refractivity contribution >= 4 is 37.7 Å². The summed E-state index contributed by atoms with van der Waals surface area (Å²) < 4.78 is 13.6. The Hall–Kier alpha value is -2.44. The van der Waals surface area contributed by atoms with Crippen molar-refractivity contribution < 1.29 is 9.47 Å². The van der Waals surface area contributed by atoms with Crippen LogP contribution in [0.25, 0.3) is 27.5 Å². The van der Waals surface area contributed by atoms with Gasteiger partial charge in [-0.25, -0.2) is 4.68 Å². The first-order chi connectivity index (χ1) is 12.2. The van der Waals surface area contributed by atoms with Crippen LogP contribution in [-0.4, -0.2) is 28.7 Å². The number of ether oxygens (including phenoxy) is 2. The number of benzene rings is 2. The highest BCUT2D eigenvalue weighted by atomic mass is 79.9. The van der Waals surface area contributed by atoms with E-state index in [0.29, 0.717) is 5.88 Å². The molecule has 25 heavy (non-hydrogen) atoms. The van der Waals surface area contributed by atoms with E-state index in [1.807, 2.05) is 54.1 Å². The predicted molar refractivity (Wildman–Crippen MR) is 101 cm³/mol. The van der Waals surface area contributed by atoms with E-state index in [4.69, 9.17) is 19.6 Å². The fourth-order valence-corrected chi connectivity index (χ4v) is 3.23. The molecular formula is C19H16BrN3O2. The first kappa shape index (κ1) is 16.1. The molecule has 0 fully saturated rings. The molecule has 126 valence electrons. The molecule has 0 aliphatic rings. The zero-order valence-corrected chi connectivity index (χ0v) is 15.4. The molecule has 4 aromatic rings. The van der Waals surface area contributed by atoms with Crippen molar-refractivity contribution in [2.75, 3.05) is 13.9 Å². The zero-order valence-electron chi connectivity index (χ0n) is 13.9. The van der Waals surface area contributed by atoms with Gasteiger partial charge in [-0.15, -0.1) is 0 Å². The fraction of sp³-hybridized carbons (Fsp3) is 0.158. The molecule has 2 heterocycles. The second-order valence-corrected chi connectivity index (χ2v) is 6.60. The van der Waals surface area contributed by atoms with Crippen LogP contribution in [0.15, 0.2) is 53.0 Å². The monoisotopic (exact) mass is 397 g/mol. The SMILES string of the molecule is COCOc1nc2c(c(C)nn2-c2ccc(Br)cc2)c2ccccc12. The highest BCUT2D eigenvalue weighted by Gasteiger charge is 2.17. The number of aromatic nitrogens is 3. The number of hydrogen-bond acceptors (Lipinski definition) is 4. The lowest BCUT2D eigenvalue weighted by atomic mass is 10.1. The minimum absolute atomic E-state index is 0.147. The maximum absolute atomic E-state index is 5.71. The van der Waals surface area contributed by atoms with Crippen LogP contribution in [0.3, 0.4) is 0 Å². The van der Waals surface area contributed by atoms with Gasteiger partial charge in [0.05, 0.1) is 16.8 Å². The minimum atomic E-state index is 0.147. The number of methoxy groups -OCH3 is 1. The van der Waals surface area contributed by atoms with Crippen molar-refractivity contribution in [2.24, 2.45) is 0 Å². The summed E-state index contributed by atoms with van der Waals surface area (Å²) in [6.07, 6.45) is 0. The van der Waals surface area contributed by atoms with E-state index < -0.39 is 0 Å². The van der Waals surface area contributed by atoms with Gasteiger partial charge in [0.25, 0.3) is 0 Å². The second kappa shape index (κ2) is 6.46. The molecule has 2 aromatic carbocycles. The first-order valence-corrected chi connectivity index (χ1v) is 8.64. The van der Waals surface area contributed by atoms with Crippen molar-refractivity contribution in [1.29, 1.82) is 0 Å². The molecule has 0 radical (unpaired) electrons. The highest BCUT2D eigenvalue weighted by Crippen LogP contribution is 2.33. The summed E-state index contributed by atoms with van der Waals surface area (Å²) in [5.74, 6) is 0.545. The average molecular weight is 398 g/mol. The molecule has 0 saturated heterocycles. The lowest BCUT2D eigenvalue weighted by molar-refractivity contribution is 0.0492. The van der Waals surface area contributed by atoms with Gasteiger partial charge in [0.15, 0.2) is 12.4 Å². The summed E-state index contributed by atoms with van der Waals surface area (Å²) in [5.41, 5.74) is 2.64. The molecule has 2 aromatic heterocycles. The second-order valence-electron chi connectivity index (χ2n) is 5.69. The largest absolute Gasteiger partial charge is 0.450 e. The summed E-state index contributed by atoms with van der Waals surface area (Å²) >= 11 is 3.47. The van der Waals surface area contributed by atoms with Crippen LogP contribution < -0.4 is 4.74 Å². The number of hydrogen-bond donors (Lipinski definition) is 0. The van der Waals surface area contributed by atoms with Crippen LogP contribution in [-0.2, 0) is 4.74 Å². The lowest BCUT2D eigenvalue weighted by Crippen LogP contribution is -2.03. The van der Waals surface area contributed by atoms with E-state index in [1.165, 1.54) is 0 Å². The molecule has 4 rings (SSSR count). The Morgan fingerprint density at radius 2 is 1.76 bits per heavy atom. The Balaban J connectivity index is 2.03. The molecule has 0 saturated carbocycles. The van der Waals surface area contributed by atoms with Gasteiger partial charge in [-0.05, 0) is 42.6 Å². The third-order valence-electron chi connectivity index (χ3n) is 4.05. The van der Waals surface area contributed by atoms with E-state index in [9.17, 15) is 0 Å². The van der Waals surface area contributed by atoms with Crippen LogP contribution in [0, 0.1) is 6.92 Å². The minimum Gasteiger partial charge on any atom is -0.450 e. The van der Waals surface area contributed by atoms with Crippen molar-refractivity contribution in [3.8, 4) is 11.6 Å². The van der Waals surface area contributed by atoms with E-state index in [-0.39, 0.29) is 6.79 Å². The lowest BCUT2D eigenvalue weighted by Gasteiger charge is -2.10. The number of nitrogens with zero attached hydrogens (tertiary/aromatic N) is 3. The summed E-state index contributed by atoms with van der Waals surface area (Å²) in [6.45, 7) is 2.15. The van der Waals surface area contributed by atoms with Crippen molar-refractivity contribution in [1.82, 2.24) is 14.8 Å². The smallest absolute Gasteiger partial charge is 0.225 e. The van der Waals surface area contributed by atoms with E-state index in [1.54, 1.807) is 7.11 Å². The van der Waals surface area contributed by atoms with Gasteiger partial charge in [0, 0.05) is 17.0 Å². The van der Waals surface area contributed by atoms with Gasteiger partial charge in [-0.3, -0.25) is 0 Å². The van der Waals surface area contributed by atoms with Crippen LogP contribution in [0.1, 0.15) is 5.69 Å². The van der Waals surface area contributed by atoms with Gasteiger partial charge in [0.2, 0.25) is 5.88 Å². The molecule has 0 atom stereocenters. The number of halogens is 1. The number of pyridine rings is 1. The number of rotatable bonds is 4. The third kappa shape index (κ3) is 2.77. The Labute approximate surface area is 153 Å². The van der Waals surface area contributed by atoms with Gasteiger partial charge in [-0.1, -0.05) is 34.1 Å². The summed E-state index contributed by atoms with van der Waals surface area (Å²) in [4.78, 5) is 4.75. The molecule has 0 bridgehead atoms. The number of aryl methyl sites for hydroxylation is 1. The fourth-order valence-electron chi connectivity index (χ4n) is 2.96. The predicted octanol–water partition coefficient (Wildman–Crippen LogP) is 4.63. The summed E-state index contributed by atoms with van der Waals surface area (Å²) in [5, 5.41) is 7.76. The highest BCUT2D eigenvalue weighted by molar-refractivity contribution is 9.10. The maximum atomic E-state index is 5.71. The van der Waals surface area contributed by atoms with Gasteiger partial charge < -0.3 is 9.47 Å². The molecule has 0 N–H and O–H groups in total. The molecule has 0 unspecified atom stereocenters. The summed E-state index contributed by atoms with van der Waals surface area (Å²) in [7, 11) is 1.59. The van der Waals surface area contributed by atoms with E-state index in [2.05, 4.69) is 22.0 Å². The third-order valence-corrected chi connectivity index (χ3v) is 4.58. The Morgan fingerprint density at radius 1 is 1.04 bits per heavy atom. The molecule has 0 spiro atoms. The van der Waals surface area contributed by atoms with Crippen LogP contribution in [0.4, 0.5) is 0 Å². The molecular weight excluding hydrogens is 382 g/mol.